The lowest BCUT2D eigenvalue weighted by molar-refractivity contribution is -0.128. The molecule has 7 heteroatoms. The van der Waals surface area contributed by atoms with Crippen molar-refractivity contribution in [3.63, 3.8) is 0 Å². The third-order valence-electron chi connectivity index (χ3n) is 4.30. The molecule has 1 N–H and O–H groups in total. The van der Waals surface area contributed by atoms with Crippen LogP contribution < -0.4 is 5.32 Å². The molecule has 2 aromatic rings. The van der Waals surface area contributed by atoms with Crippen molar-refractivity contribution in [3.8, 4) is 0 Å². The van der Waals surface area contributed by atoms with E-state index in [-0.39, 0.29) is 11.8 Å². The standard InChI is InChI=1S/C19H24N4O3/c1-2-9-20-17(24)14-22-10-12-23(13-11-22)19(25)8-7-18-21-15-5-3-4-6-16(15)26-18/h3-8H,2,9-14H2,1H3,(H,20,24)/b8-7+. The SMILES string of the molecule is CCCNC(=O)CN1CCN(C(=O)/C=C/c2nc3ccccc3o2)CC1. The van der Waals surface area contributed by atoms with Gasteiger partial charge in [0.15, 0.2) is 5.58 Å². The fourth-order valence-corrected chi connectivity index (χ4v) is 2.86. The van der Waals surface area contributed by atoms with Gasteiger partial charge in [0.1, 0.15) is 5.52 Å². The van der Waals surface area contributed by atoms with Gasteiger partial charge in [-0.15, -0.1) is 0 Å². The average Bonchev–Trinajstić information content (AvgIpc) is 3.08. The minimum absolute atomic E-state index is 0.0440. The zero-order valence-electron chi connectivity index (χ0n) is 15.0. The summed E-state index contributed by atoms with van der Waals surface area (Å²) in [5, 5.41) is 2.87. The second kappa shape index (κ2) is 8.62. The Balaban J connectivity index is 1.48. The molecule has 0 spiro atoms. The number of nitrogens with one attached hydrogen (secondary N) is 1. The summed E-state index contributed by atoms with van der Waals surface area (Å²) in [6.45, 7) is 5.73. The first-order chi connectivity index (χ1) is 12.7. The van der Waals surface area contributed by atoms with Crippen molar-refractivity contribution in [2.45, 2.75) is 13.3 Å². The van der Waals surface area contributed by atoms with Crippen LogP contribution in [0.3, 0.4) is 0 Å². The number of fused-ring (bicyclic) bond motifs is 1. The number of nitrogens with zero attached hydrogens (tertiary/aromatic N) is 3. The zero-order valence-corrected chi connectivity index (χ0v) is 15.0. The van der Waals surface area contributed by atoms with Crippen LogP contribution in [0.25, 0.3) is 17.2 Å². The molecule has 1 saturated heterocycles. The Morgan fingerprint density at radius 2 is 2.00 bits per heavy atom. The molecule has 2 heterocycles. The number of oxazole rings is 1. The molecule has 1 aliphatic rings. The van der Waals surface area contributed by atoms with Crippen LogP contribution in [0.1, 0.15) is 19.2 Å². The summed E-state index contributed by atoms with van der Waals surface area (Å²) in [6, 6.07) is 7.49. The van der Waals surface area contributed by atoms with Gasteiger partial charge in [0.2, 0.25) is 17.7 Å². The second-order valence-corrected chi connectivity index (χ2v) is 6.30. The van der Waals surface area contributed by atoms with Gasteiger partial charge in [0.05, 0.1) is 6.54 Å². The molecule has 7 nitrogen and oxygen atoms in total. The van der Waals surface area contributed by atoms with Crippen molar-refractivity contribution in [1.82, 2.24) is 20.1 Å². The van der Waals surface area contributed by atoms with E-state index in [0.29, 0.717) is 50.7 Å². The van der Waals surface area contributed by atoms with Gasteiger partial charge >= 0.3 is 0 Å². The number of benzene rings is 1. The van der Waals surface area contributed by atoms with Crippen LogP contribution in [-0.2, 0) is 9.59 Å². The van der Waals surface area contributed by atoms with Gasteiger partial charge in [0, 0.05) is 44.9 Å². The Kier molecular flexibility index (Phi) is 6.01. The smallest absolute Gasteiger partial charge is 0.246 e. The maximum atomic E-state index is 12.3. The number of para-hydroxylation sites is 2. The monoisotopic (exact) mass is 356 g/mol. The van der Waals surface area contributed by atoms with Gasteiger partial charge in [-0.2, -0.15) is 0 Å². The predicted molar refractivity (Wildman–Crippen MR) is 99.4 cm³/mol. The van der Waals surface area contributed by atoms with Crippen LogP contribution in [-0.4, -0.2) is 65.9 Å². The average molecular weight is 356 g/mol. The highest BCUT2D eigenvalue weighted by Crippen LogP contribution is 2.15. The van der Waals surface area contributed by atoms with Crippen LogP contribution in [0.2, 0.25) is 0 Å². The molecule has 0 atom stereocenters. The van der Waals surface area contributed by atoms with E-state index in [2.05, 4.69) is 15.2 Å². The molecule has 0 unspecified atom stereocenters. The molecule has 138 valence electrons. The molecule has 0 aliphatic carbocycles. The van der Waals surface area contributed by atoms with E-state index in [1.807, 2.05) is 31.2 Å². The molecule has 3 rings (SSSR count). The van der Waals surface area contributed by atoms with E-state index in [0.717, 1.165) is 11.9 Å². The number of aromatic nitrogens is 1. The molecule has 26 heavy (non-hydrogen) atoms. The lowest BCUT2D eigenvalue weighted by Gasteiger charge is -2.33. The molecule has 1 aliphatic heterocycles. The van der Waals surface area contributed by atoms with Gasteiger partial charge in [-0.3, -0.25) is 14.5 Å². The summed E-state index contributed by atoms with van der Waals surface area (Å²) in [4.78, 5) is 32.3. The van der Waals surface area contributed by atoms with Crippen LogP contribution in [0, 0.1) is 0 Å². The van der Waals surface area contributed by atoms with Crippen LogP contribution in [0.4, 0.5) is 0 Å². The Labute approximate surface area is 152 Å². The normalized spacial score (nSPS) is 15.7. The van der Waals surface area contributed by atoms with Crippen molar-refractivity contribution >= 4 is 29.0 Å². The molecule has 1 aromatic heterocycles. The molecular formula is C19H24N4O3. The first-order valence-corrected chi connectivity index (χ1v) is 8.97. The Morgan fingerprint density at radius 3 is 2.73 bits per heavy atom. The Morgan fingerprint density at radius 1 is 1.23 bits per heavy atom. The minimum Gasteiger partial charge on any atom is -0.437 e. The maximum absolute atomic E-state index is 12.3. The van der Waals surface area contributed by atoms with Crippen LogP contribution >= 0.6 is 0 Å². The summed E-state index contributed by atoms with van der Waals surface area (Å²) < 4.78 is 5.58. The number of piperazine rings is 1. The van der Waals surface area contributed by atoms with E-state index in [4.69, 9.17) is 4.42 Å². The van der Waals surface area contributed by atoms with Gasteiger partial charge in [0.25, 0.3) is 0 Å². The predicted octanol–water partition coefficient (Wildman–Crippen LogP) is 1.51. The summed E-state index contributed by atoms with van der Waals surface area (Å²) in [5.74, 6) is 0.399. The molecule has 0 radical (unpaired) electrons. The fraction of sp³-hybridized carbons (Fsp3) is 0.421. The largest absolute Gasteiger partial charge is 0.437 e. The molecule has 0 saturated carbocycles. The van der Waals surface area contributed by atoms with Crippen LogP contribution in [0.15, 0.2) is 34.8 Å². The zero-order chi connectivity index (χ0) is 18.4. The number of amides is 2. The van der Waals surface area contributed by atoms with Gasteiger partial charge < -0.3 is 14.6 Å². The van der Waals surface area contributed by atoms with Crippen molar-refractivity contribution in [2.75, 3.05) is 39.3 Å². The van der Waals surface area contributed by atoms with Crippen LogP contribution in [0.5, 0.6) is 0 Å². The highest BCUT2D eigenvalue weighted by atomic mass is 16.3. The van der Waals surface area contributed by atoms with Gasteiger partial charge in [-0.1, -0.05) is 19.1 Å². The number of hydrogen-bond donors (Lipinski definition) is 1. The highest BCUT2D eigenvalue weighted by molar-refractivity contribution is 5.91. The Hall–Kier alpha value is -2.67. The van der Waals surface area contributed by atoms with E-state index >= 15 is 0 Å². The lowest BCUT2D eigenvalue weighted by Crippen LogP contribution is -2.50. The Bertz CT molecular complexity index is 758. The lowest BCUT2D eigenvalue weighted by atomic mass is 10.3. The molecular weight excluding hydrogens is 332 g/mol. The molecule has 2 amide bonds. The summed E-state index contributed by atoms with van der Waals surface area (Å²) in [7, 11) is 0. The fourth-order valence-electron chi connectivity index (χ4n) is 2.86. The highest BCUT2D eigenvalue weighted by Gasteiger charge is 2.21. The van der Waals surface area contributed by atoms with Gasteiger partial charge in [-0.05, 0) is 18.6 Å². The van der Waals surface area contributed by atoms with E-state index in [9.17, 15) is 9.59 Å². The maximum Gasteiger partial charge on any atom is 0.246 e. The quantitative estimate of drug-likeness (QED) is 0.794. The first-order valence-electron chi connectivity index (χ1n) is 8.97. The number of rotatable bonds is 6. The topological polar surface area (TPSA) is 78.7 Å². The first kappa shape index (κ1) is 18.1. The second-order valence-electron chi connectivity index (χ2n) is 6.30. The minimum atomic E-state index is -0.0673. The van der Waals surface area contributed by atoms with E-state index < -0.39 is 0 Å². The summed E-state index contributed by atoms with van der Waals surface area (Å²) in [5.41, 5.74) is 1.48. The summed E-state index contributed by atoms with van der Waals surface area (Å²) >= 11 is 0. The van der Waals surface area contributed by atoms with Crippen molar-refractivity contribution in [1.29, 1.82) is 0 Å². The van der Waals surface area contributed by atoms with Gasteiger partial charge in [-0.25, -0.2) is 4.98 Å². The molecule has 1 aromatic carbocycles. The van der Waals surface area contributed by atoms with E-state index in [1.165, 1.54) is 6.08 Å². The van der Waals surface area contributed by atoms with Crippen molar-refractivity contribution < 1.29 is 14.0 Å². The number of carbonyl (C=O) groups excluding carboxylic acids is 2. The van der Waals surface area contributed by atoms with E-state index in [1.54, 1.807) is 11.0 Å². The number of hydrogen-bond acceptors (Lipinski definition) is 5. The molecule has 0 bridgehead atoms. The number of carbonyl (C=O) groups is 2. The third-order valence-corrected chi connectivity index (χ3v) is 4.30. The summed E-state index contributed by atoms with van der Waals surface area (Å²) in [6.07, 6.45) is 4.03. The molecule has 1 fully saturated rings. The van der Waals surface area contributed by atoms with Crippen molar-refractivity contribution in [2.24, 2.45) is 0 Å². The van der Waals surface area contributed by atoms with Crippen molar-refractivity contribution in [3.05, 3.63) is 36.2 Å². The third kappa shape index (κ3) is 4.70.